The molecule has 0 bridgehead atoms. The highest BCUT2D eigenvalue weighted by atomic mass is 16.5. The molecule has 1 atom stereocenters. The number of nitrogens with zero attached hydrogens (tertiary/aromatic N) is 4. The highest BCUT2D eigenvalue weighted by Gasteiger charge is 2.17. The van der Waals surface area contributed by atoms with Crippen LogP contribution in [0.25, 0.3) is 11.6 Å². The number of methoxy groups -OCH3 is 1. The van der Waals surface area contributed by atoms with Gasteiger partial charge in [-0.15, -0.1) is 0 Å². The van der Waals surface area contributed by atoms with Gasteiger partial charge in [0.05, 0.1) is 13.2 Å². The van der Waals surface area contributed by atoms with E-state index in [2.05, 4.69) is 15.2 Å². The Balaban J connectivity index is 2.30. The second-order valence-electron chi connectivity index (χ2n) is 3.67. The number of rotatable bonds is 4. The van der Waals surface area contributed by atoms with Crippen LogP contribution in [0.1, 0.15) is 25.2 Å². The van der Waals surface area contributed by atoms with E-state index in [4.69, 9.17) is 15.0 Å². The Bertz CT molecular complexity index is 505. The van der Waals surface area contributed by atoms with Crippen LogP contribution in [0, 0.1) is 0 Å². The second kappa shape index (κ2) is 4.54. The van der Waals surface area contributed by atoms with E-state index in [1.54, 1.807) is 24.9 Å². The Labute approximate surface area is 98.6 Å². The Morgan fingerprint density at radius 1 is 1.59 bits per heavy atom. The minimum Gasteiger partial charge on any atom is -0.481 e. The lowest BCUT2D eigenvalue weighted by Gasteiger charge is -1.98. The van der Waals surface area contributed by atoms with Crippen LogP contribution in [0.3, 0.4) is 0 Å². The van der Waals surface area contributed by atoms with Gasteiger partial charge in [-0.1, -0.05) is 12.1 Å². The monoisotopic (exact) mass is 237 g/mol. The van der Waals surface area contributed by atoms with Gasteiger partial charge in [-0.2, -0.15) is 10.1 Å². The van der Waals surface area contributed by atoms with E-state index >= 15 is 0 Å². The van der Waals surface area contributed by atoms with Crippen molar-refractivity contribution in [1.29, 1.82) is 0 Å². The summed E-state index contributed by atoms with van der Waals surface area (Å²) in [5.74, 6) is 1.47. The van der Waals surface area contributed by atoms with Crippen LogP contribution in [-0.4, -0.2) is 27.0 Å². The fourth-order valence-electron chi connectivity index (χ4n) is 1.42. The van der Waals surface area contributed by atoms with Crippen molar-refractivity contribution >= 4 is 0 Å². The third-order valence-corrected chi connectivity index (χ3v) is 2.48. The van der Waals surface area contributed by atoms with Gasteiger partial charge >= 0.3 is 0 Å². The van der Waals surface area contributed by atoms with Crippen molar-refractivity contribution in [3.05, 3.63) is 11.9 Å². The largest absolute Gasteiger partial charge is 0.481 e. The zero-order valence-electron chi connectivity index (χ0n) is 10.0. The first-order valence-corrected chi connectivity index (χ1v) is 5.33. The van der Waals surface area contributed by atoms with Gasteiger partial charge in [0, 0.05) is 13.1 Å². The number of hydrogen-bond donors (Lipinski definition) is 1. The Kier molecular flexibility index (Phi) is 3.10. The molecule has 0 amide bonds. The van der Waals surface area contributed by atoms with Crippen molar-refractivity contribution in [2.45, 2.75) is 19.4 Å². The molecule has 0 aliphatic rings. The number of nitrogens with two attached hydrogens (primary N) is 1. The second-order valence-corrected chi connectivity index (χ2v) is 3.67. The molecule has 0 spiro atoms. The van der Waals surface area contributed by atoms with Crippen molar-refractivity contribution in [3.8, 4) is 17.5 Å². The lowest BCUT2D eigenvalue weighted by atomic mass is 10.2. The highest BCUT2D eigenvalue weighted by Crippen LogP contribution is 2.22. The van der Waals surface area contributed by atoms with Gasteiger partial charge in [0.25, 0.3) is 5.89 Å². The number of aromatic nitrogens is 4. The first-order valence-electron chi connectivity index (χ1n) is 5.33. The van der Waals surface area contributed by atoms with E-state index < -0.39 is 0 Å². The minimum absolute atomic E-state index is 0.210. The van der Waals surface area contributed by atoms with E-state index in [-0.39, 0.29) is 6.04 Å². The van der Waals surface area contributed by atoms with Crippen LogP contribution in [-0.2, 0) is 7.05 Å². The fourth-order valence-corrected chi connectivity index (χ4v) is 1.42. The SMILES string of the molecule is CCC(N)c1noc(-c2cc(OC)n(C)n2)n1. The Hall–Kier alpha value is -1.89. The topological polar surface area (TPSA) is 92.0 Å². The summed E-state index contributed by atoms with van der Waals surface area (Å²) in [6.07, 6.45) is 0.754. The highest BCUT2D eigenvalue weighted by molar-refractivity contribution is 5.48. The van der Waals surface area contributed by atoms with E-state index in [0.29, 0.717) is 23.3 Å². The van der Waals surface area contributed by atoms with E-state index in [9.17, 15) is 0 Å². The van der Waals surface area contributed by atoms with Gasteiger partial charge in [0.2, 0.25) is 5.88 Å². The van der Waals surface area contributed by atoms with Crippen LogP contribution >= 0.6 is 0 Å². The van der Waals surface area contributed by atoms with Crippen LogP contribution in [0.15, 0.2) is 10.6 Å². The molecule has 7 heteroatoms. The molecule has 7 nitrogen and oxygen atoms in total. The summed E-state index contributed by atoms with van der Waals surface area (Å²) in [5.41, 5.74) is 6.39. The normalized spacial score (nSPS) is 12.7. The minimum atomic E-state index is -0.210. The summed E-state index contributed by atoms with van der Waals surface area (Å²) in [6, 6.07) is 1.52. The van der Waals surface area contributed by atoms with Gasteiger partial charge in [0.15, 0.2) is 11.5 Å². The molecule has 0 saturated carbocycles. The van der Waals surface area contributed by atoms with Gasteiger partial charge in [0.1, 0.15) is 0 Å². The predicted molar refractivity (Wildman–Crippen MR) is 60.3 cm³/mol. The third-order valence-electron chi connectivity index (χ3n) is 2.48. The molecule has 2 aromatic heterocycles. The molecule has 0 aliphatic heterocycles. The first kappa shape index (κ1) is 11.6. The maximum atomic E-state index is 5.81. The molecule has 0 radical (unpaired) electrons. The molecule has 1 unspecified atom stereocenters. The number of aryl methyl sites for hydroxylation is 1. The first-order chi connectivity index (χ1) is 8.15. The molecule has 0 saturated heterocycles. The van der Waals surface area contributed by atoms with Gasteiger partial charge in [-0.05, 0) is 6.42 Å². The lowest BCUT2D eigenvalue weighted by Crippen LogP contribution is -2.10. The van der Waals surface area contributed by atoms with Crippen LogP contribution < -0.4 is 10.5 Å². The molecular weight excluding hydrogens is 222 g/mol. The molecule has 2 rings (SSSR count). The third kappa shape index (κ3) is 2.14. The average molecular weight is 237 g/mol. The van der Waals surface area contributed by atoms with Crippen molar-refractivity contribution in [3.63, 3.8) is 0 Å². The Morgan fingerprint density at radius 3 is 2.94 bits per heavy atom. The lowest BCUT2D eigenvalue weighted by molar-refractivity contribution is 0.373. The summed E-state index contributed by atoms with van der Waals surface area (Å²) in [5, 5.41) is 8.03. The molecular formula is C10H15N5O2. The molecule has 2 aromatic rings. The summed E-state index contributed by atoms with van der Waals surface area (Å²) in [4.78, 5) is 4.21. The van der Waals surface area contributed by atoms with E-state index in [1.165, 1.54) is 0 Å². The van der Waals surface area contributed by atoms with Crippen molar-refractivity contribution in [2.24, 2.45) is 12.8 Å². The predicted octanol–water partition coefficient (Wildman–Crippen LogP) is 0.888. The van der Waals surface area contributed by atoms with Crippen molar-refractivity contribution in [1.82, 2.24) is 19.9 Å². The summed E-state index contributed by atoms with van der Waals surface area (Å²) >= 11 is 0. The fraction of sp³-hybridized carbons (Fsp3) is 0.500. The quantitative estimate of drug-likeness (QED) is 0.848. The number of hydrogen-bond acceptors (Lipinski definition) is 6. The smallest absolute Gasteiger partial charge is 0.278 e. The molecule has 92 valence electrons. The summed E-state index contributed by atoms with van der Waals surface area (Å²) in [7, 11) is 3.35. The van der Waals surface area contributed by atoms with Crippen molar-refractivity contribution in [2.75, 3.05) is 7.11 Å². The molecule has 2 N–H and O–H groups in total. The number of ether oxygens (including phenoxy) is 1. The zero-order valence-corrected chi connectivity index (χ0v) is 10.0. The van der Waals surface area contributed by atoms with Crippen LogP contribution in [0.4, 0.5) is 0 Å². The van der Waals surface area contributed by atoms with Gasteiger partial charge in [-0.25, -0.2) is 4.68 Å². The van der Waals surface area contributed by atoms with Gasteiger partial charge in [-0.3, -0.25) is 0 Å². The summed E-state index contributed by atoms with van der Waals surface area (Å²) < 4.78 is 11.8. The summed E-state index contributed by atoms with van der Waals surface area (Å²) in [6.45, 7) is 1.96. The molecule has 17 heavy (non-hydrogen) atoms. The van der Waals surface area contributed by atoms with Crippen molar-refractivity contribution < 1.29 is 9.26 Å². The van der Waals surface area contributed by atoms with E-state index in [1.807, 2.05) is 6.92 Å². The molecule has 0 fully saturated rings. The maximum absolute atomic E-state index is 5.81. The van der Waals surface area contributed by atoms with Gasteiger partial charge < -0.3 is 15.0 Å². The average Bonchev–Trinajstić information content (AvgIpc) is 2.94. The molecule has 0 aliphatic carbocycles. The van der Waals surface area contributed by atoms with E-state index in [0.717, 1.165) is 6.42 Å². The van der Waals surface area contributed by atoms with Crippen LogP contribution in [0.5, 0.6) is 5.88 Å². The Morgan fingerprint density at radius 2 is 2.35 bits per heavy atom. The maximum Gasteiger partial charge on any atom is 0.278 e. The van der Waals surface area contributed by atoms with Crippen LogP contribution in [0.2, 0.25) is 0 Å². The molecule has 0 aromatic carbocycles. The molecule has 2 heterocycles. The standard InChI is InChI=1S/C10H15N5O2/c1-4-6(11)9-12-10(17-14-9)7-5-8(16-3)15(2)13-7/h5-6H,4,11H2,1-3H3. The zero-order chi connectivity index (χ0) is 12.4.